The van der Waals surface area contributed by atoms with Crippen LogP contribution in [-0.4, -0.2) is 66.3 Å². The molecule has 0 spiro atoms. The Bertz CT molecular complexity index is 553. The molecule has 23 heavy (non-hydrogen) atoms. The third kappa shape index (κ3) is 4.69. The minimum Gasteiger partial charge on any atom is -0.339 e. The van der Waals surface area contributed by atoms with Gasteiger partial charge in [0.2, 0.25) is 11.8 Å². The Morgan fingerprint density at radius 2 is 1.65 bits per heavy atom. The van der Waals surface area contributed by atoms with Crippen molar-refractivity contribution in [2.24, 2.45) is 0 Å². The standard InChI is InChI=1S/C17H24ClN3O2/c1-13(15-4-6-16(18)7-5-15)19(3)12-17(23)21-10-8-20(9-11-21)14(2)22/h4-7,13H,8-12H2,1-3H3. The molecule has 1 saturated heterocycles. The molecule has 1 fully saturated rings. The summed E-state index contributed by atoms with van der Waals surface area (Å²) in [6.07, 6.45) is 0. The normalized spacial score (nSPS) is 16.6. The zero-order valence-corrected chi connectivity index (χ0v) is 14.7. The van der Waals surface area contributed by atoms with Crippen molar-refractivity contribution in [2.45, 2.75) is 19.9 Å². The molecule has 0 N–H and O–H groups in total. The lowest BCUT2D eigenvalue weighted by Crippen LogP contribution is -2.52. The van der Waals surface area contributed by atoms with Gasteiger partial charge in [0.15, 0.2) is 0 Å². The van der Waals surface area contributed by atoms with Crippen LogP contribution >= 0.6 is 11.6 Å². The second kappa shape index (κ2) is 7.79. The molecule has 126 valence electrons. The van der Waals surface area contributed by atoms with E-state index in [1.165, 1.54) is 0 Å². The van der Waals surface area contributed by atoms with Crippen LogP contribution in [0, 0.1) is 0 Å². The lowest BCUT2D eigenvalue weighted by Gasteiger charge is -2.35. The fourth-order valence-corrected chi connectivity index (χ4v) is 2.84. The first-order valence-electron chi connectivity index (χ1n) is 7.87. The van der Waals surface area contributed by atoms with Crippen molar-refractivity contribution in [3.8, 4) is 0 Å². The van der Waals surface area contributed by atoms with Gasteiger partial charge in [0.25, 0.3) is 0 Å². The number of carbonyl (C=O) groups excluding carboxylic acids is 2. The fraction of sp³-hybridized carbons (Fsp3) is 0.529. The van der Waals surface area contributed by atoms with Gasteiger partial charge in [-0.3, -0.25) is 14.5 Å². The van der Waals surface area contributed by atoms with Crippen molar-refractivity contribution < 1.29 is 9.59 Å². The fourth-order valence-electron chi connectivity index (χ4n) is 2.72. The lowest BCUT2D eigenvalue weighted by molar-refractivity contribution is -0.139. The summed E-state index contributed by atoms with van der Waals surface area (Å²) in [5.41, 5.74) is 1.13. The van der Waals surface area contributed by atoms with Crippen LogP contribution in [0.25, 0.3) is 0 Å². The monoisotopic (exact) mass is 337 g/mol. The molecule has 1 aromatic carbocycles. The number of carbonyl (C=O) groups is 2. The highest BCUT2D eigenvalue weighted by Crippen LogP contribution is 2.20. The van der Waals surface area contributed by atoms with Crippen LogP contribution in [0.3, 0.4) is 0 Å². The summed E-state index contributed by atoms with van der Waals surface area (Å²) in [6, 6.07) is 7.84. The summed E-state index contributed by atoms with van der Waals surface area (Å²) in [7, 11) is 1.95. The van der Waals surface area contributed by atoms with Gasteiger partial charge in [-0.05, 0) is 31.7 Å². The van der Waals surface area contributed by atoms with Crippen LogP contribution in [0.4, 0.5) is 0 Å². The molecule has 0 saturated carbocycles. The highest BCUT2D eigenvalue weighted by molar-refractivity contribution is 6.30. The maximum absolute atomic E-state index is 12.4. The molecule has 0 radical (unpaired) electrons. The SMILES string of the molecule is CC(=O)N1CCN(C(=O)CN(C)C(C)c2ccc(Cl)cc2)CC1. The van der Waals surface area contributed by atoms with Gasteiger partial charge in [-0.25, -0.2) is 0 Å². The van der Waals surface area contributed by atoms with E-state index in [9.17, 15) is 9.59 Å². The first kappa shape index (κ1) is 17.8. The van der Waals surface area contributed by atoms with Gasteiger partial charge >= 0.3 is 0 Å². The summed E-state index contributed by atoms with van der Waals surface area (Å²) in [4.78, 5) is 29.4. The molecule has 1 aliphatic rings. The van der Waals surface area contributed by atoms with Crippen LogP contribution in [0.5, 0.6) is 0 Å². The van der Waals surface area contributed by atoms with Crippen molar-refractivity contribution in [1.82, 2.24) is 14.7 Å². The molecule has 2 amide bonds. The predicted molar refractivity (Wildman–Crippen MR) is 91.3 cm³/mol. The van der Waals surface area contributed by atoms with Crippen LogP contribution in [0.15, 0.2) is 24.3 Å². The number of amides is 2. The van der Waals surface area contributed by atoms with E-state index in [0.29, 0.717) is 37.7 Å². The Kier molecular flexibility index (Phi) is 6.02. The van der Waals surface area contributed by atoms with Gasteiger partial charge in [0, 0.05) is 44.2 Å². The van der Waals surface area contributed by atoms with E-state index < -0.39 is 0 Å². The Balaban J connectivity index is 1.87. The van der Waals surface area contributed by atoms with Crippen molar-refractivity contribution in [2.75, 3.05) is 39.8 Å². The molecule has 1 unspecified atom stereocenters. The van der Waals surface area contributed by atoms with Crippen LogP contribution in [0.2, 0.25) is 5.02 Å². The molecule has 5 nitrogen and oxygen atoms in total. The average Bonchev–Trinajstić information content (AvgIpc) is 2.54. The Morgan fingerprint density at radius 3 is 2.17 bits per heavy atom. The van der Waals surface area contributed by atoms with Gasteiger partial charge in [-0.1, -0.05) is 23.7 Å². The van der Waals surface area contributed by atoms with Crippen molar-refractivity contribution in [3.05, 3.63) is 34.9 Å². The van der Waals surface area contributed by atoms with Crippen LogP contribution < -0.4 is 0 Å². The Morgan fingerprint density at radius 1 is 1.13 bits per heavy atom. The van der Waals surface area contributed by atoms with Gasteiger partial charge in [0.1, 0.15) is 0 Å². The number of hydrogen-bond donors (Lipinski definition) is 0. The largest absolute Gasteiger partial charge is 0.339 e. The first-order chi connectivity index (χ1) is 10.9. The maximum Gasteiger partial charge on any atom is 0.236 e. The minimum absolute atomic E-state index is 0.0746. The number of rotatable bonds is 4. The van der Waals surface area contributed by atoms with E-state index in [1.807, 2.05) is 41.1 Å². The van der Waals surface area contributed by atoms with Crippen LogP contribution in [0.1, 0.15) is 25.5 Å². The molecule has 1 heterocycles. The molecule has 1 aromatic rings. The Labute approximate surface area is 142 Å². The van der Waals surface area contributed by atoms with Crippen molar-refractivity contribution in [1.29, 1.82) is 0 Å². The van der Waals surface area contributed by atoms with Gasteiger partial charge in [-0.2, -0.15) is 0 Å². The predicted octanol–water partition coefficient (Wildman–Crippen LogP) is 2.02. The summed E-state index contributed by atoms with van der Waals surface area (Å²) in [6.45, 7) is 6.48. The molecular formula is C17H24ClN3O2. The van der Waals surface area contributed by atoms with E-state index in [1.54, 1.807) is 11.8 Å². The third-order valence-electron chi connectivity index (χ3n) is 4.48. The van der Waals surface area contributed by atoms with E-state index in [0.717, 1.165) is 5.56 Å². The molecule has 0 aromatic heterocycles. The van der Waals surface area contributed by atoms with Gasteiger partial charge in [-0.15, -0.1) is 0 Å². The van der Waals surface area contributed by atoms with Crippen molar-refractivity contribution >= 4 is 23.4 Å². The van der Waals surface area contributed by atoms with E-state index in [-0.39, 0.29) is 17.9 Å². The lowest BCUT2D eigenvalue weighted by atomic mass is 10.1. The maximum atomic E-state index is 12.4. The van der Waals surface area contributed by atoms with Gasteiger partial charge < -0.3 is 9.80 Å². The molecule has 1 atom stereocenters. The van der Waals surface area contributed by atoms with Gasteiger partial charge in [0.05, 0.1) is 6.54 Å². The summed E-state index contributed by atoms with van der Waals surface area (Å²) in [5.74, 6) is 0.182. The quantitative estimate of drug-likeness (QED) is 0.844. The molecule has 2 rings (SSSR count). The summed E-state index contributed by atoms with van der Waals surface area (Å²) >= 11 is 5.91. The highest BCUT2D eigenvalue weighted by Gasteiger charge is 2.24. The number of benzene rings is 1. The second-order valence-electron chi connectivity index (χ2n) is 6.03. The smallest absolute Gasteiger partial charge is 0.236 e. The first-order valence-corrected chi connectivity index (χ1v) is 8.25. The van der Waals surface area contributed by atoms with Crippen molar-refractivity contribution in [3.63, 3.8) is 0 Å². The zero-order chi connectivity index (χ0) is 17.0. The number of halogens is 1. The topological polar surface area (TPSA) is 43.9 Å². The zero-order valence-electron chi connectivity index (χ0n) is 14.0. The van der Waals surface area contributed by atoms with E-state index >= 15 is 0 Å². The molecule has 0 bridgehead atoms. The minimum atomic E-state index is 0.0746. The average molecular weight is 338 g/mol. The highest BCUT2D eigenvalue weighted by atomic mass is 35.5. The Hall–Kier alpha value is -1.59. The number of nitrogens with zero attached hydrogens (tertiary/aromatic N) is 3. The second-order valence-corrected chi connectivity index (χ2v) is 6.47. The molecular weight excluding hydrogens is 314 g/mol. The summed E-state index contributed by atoms with van der Waals surface area (Å²) < 4.78 is 0. The molecule has 6 heteroatoms. The molecule has 1 aliphatic heterocycles. The summed E-state index contributed by atoms with van der Waals surface area (Å²) in [5, 5.41) is 0.711. The van der Waals surface area contributed by atoms with E-state index in [4.69, 9.17) is 11.6 Å². The third-order valence-corrected chi connectivity index (χ3v) is 4.73. The number of piperazine rings is 1. The number of hydrogen-bond acceptors (Lipinski definition) is 3. The number of likely N-dealkylation sites (N-methyl/N-ethyl adjacent to an activating group) is 1. The van der Waals surface area contributed by atoms with E-state index in [2.05, 4.69) is 6.92 Å². The van der Waals surface area contributed by atoms with Crippen LogP contribution in [-0.2, 0) is 9.59 Å². The molecule has 0 aliphatic carbocycles.